The van der Waals surface area contributed by atoms with Crippen LogP contribution < -0.4 is 10.9 Å². The van der Waals surface area contributed by atoms with Gasteiger partial charge in [-0.05, 0) is 43.2 Å². The number of benzene rings is 1. The first-order valence-corrected chi connectivity index (χ1v) is 8.57. The molecule has 2 heterocycles. The molecule has 1 saturated heterocycles. The Morgan fingerprint density at radius 1 is 1.12 bits per heavy atom. The van der Waals surface area contributed by atoms with E-state index in [1.54, 1.807) is 35.0 Å². The number of hydrogen-bond donors (Lipinski definition) is 1. The van der Waals surface area contributed by atoms with Gasteiger partial charge in [-0.15, -0.1) is 0 Å². The maximum absolute atomic E-state index is 12.9. The Bertz CT molecular complexity index is 765. The maximum Gasteiger partial charge on any atom is 0.250 e. The minimum atomic E-state index is -0.247. The van der Waals surface area contributed by atoms with Crippen molar-refractivity contribution in [1.82, 2.24) is 9.47 Å². The molecule has 1 amide bonds. The minimum absolute atomic E-state index is 0.0796. The molecule has 132 valence electrons. The Labute approximate surface area is 146 Å². The standard InChI is InChI=1S/C19H22FN3O2/c20-15-4-6-16(7-5-15)21-17-8-12-23(13-9-17)19(25)10-14-22-11-2-1-3-18(22)24/h1-7,11,17,21H,8-10,12-14H2. The number of rotatable bonds is 5. The third kappa shape index (κ3) is 4.68. The first-order chi connectivity index (χ1) is 12.1. The molecule has 1 fully saturated rings. The van der Waals surface area contributed by atoms with E-state index in [2.05, 4.69) is 5.32 Å². The number of halogens is 1. The average Bonchev–Trinajstić information content (AvgIpc) is 2.63. The highest BCUT2D eigenvalue weighted by Gasteiger charge is 2.22. The molecule has 0 unspecified atom stereocenters. The highest BCUT2D eigenvalue weighted by Crippen LogP contribution is 2.17. The van der Waals surface area contributed by atoms with Gasteiger partial charge in [0.05, 0.1) is 0 Å². The van der Waals surface area contributed by atoms with Crippen LogP contribution >= 0.6 is 0 Å². The number of anilines is 1. The number of carbonyl (C=O) groups excluding carboxylic acids is 1. The molecule has 0 radical (unpaired) electrons. The summed E-state index contributed by atoms with van der Waals surface area (Å²) in [5, 5.41) is 3.38. The Hall–Kier alpha value is -2.63. The van der Waals surface area contributed by atoms with Crippen LogP contribution in [0.5, 0.6) is 0 Å². The van der Waals surface area contributed by atoms with Crippen molar-refractivity contribution < 1.29 is 9.18 Å². The fourth-order valence-electron chi connectivity index (χ4n) is 3.07. The lowest BCUT2D eigenvalue weighted by molar-refractivity contribution is -0.132. The van der Waals surface area contributed by atoms with E-state index in [0.29, 0.717) is 26.1 Å². The Kier molecular flexibility index (Phi) is 5.48. The quantitative estimate of drug-likeness (QED) is 0.907. The molecule has 1 aliphatic rings. The second-order valence-corrected chi connectivity index (χ2v) is 6.29. The molecule has 1 aromatic carbocycles. The largest absolute Gasteiger partial charge is 0.382 e. The Morgan fingerprint density at radius 3 is 2.52 bits per heavy atom. The van der Waals surface area contributed by atoms with Crippen LogP contribution in [0.15, 0.2) is 53.5 Å². The van der Waals surface area contributed by atoms with Crippen LogP contribution in [0.4, 0.5) is 10.1 Å². The third-order valence-corrected chi connectivity index (χ3v) is 4.53. The summed E-state index contributed by atoms with van der Waals surface area (Å²) >= 11 is 0. The van der Waals surface area contributed by atoms with Gasteiger partial charge in [0.25, 0.3) is 5.56 Å². The van der Waals surface area contributed by atoms with Crippen molar-refractivity contribution in [2.45, 2.75) is 31.8 Å². The van der Waals surface area contributed by atoms with Crippen molar-refractivity contribution >= 4 is 11.6 Å². The lowest BCUT2D eigenvalue weighted by Gasteiger charge is -2.33. The van der Waals surface area contributed by atoms with Gasteiger partial charge in [0, 0.05) is 50.0 Å². The van der Waals surface area contributed by atoms with Gasteiger partial charge in [-0.3, -0.25) is 9.59 Å². The number of piperidine rings is 1. The molecule has 6 heteroatoms. The van der Waals surface area contributed by atoms with Crippen molar-refractivity contribution in [3.8, 4) is 0 Å². The molecule has 0 saturated carbocycles. The van der Waals surface area contributed by atoms with Crippen molar-refractivity contribution in [1.29, 1.82) is 0 Å². The van der Waals surface area contributed by atoms with Gasteiger partial charge in [0.2, 0.25) is 5.91 Å². The normalized spacial score (nSPS) is 15.2. The van der Waals surface area contributed by atoms with E-state index in [0.717, 1.165) is 18.5 Å². The lowest BCUT2D eigenvalue weighted by Crippen LogP contribution is -2.42. The van der Waals surface area contributed by atoms with Crippen molar-refractivity contribution in [2.24, 2.45) is 0 Å². The predicted octanol–water partition coefficient (Wildman–Crippen LogP) is 2.48. The van der Waals surface area contributed by atoms with Crippen LogP contribution in [0, 0.1) is 5.82 Å². The van der Waals surface area contributed by atoms with E-state index in [9.17, 15) is 14.0 Å². The number of aromatic nitrogens is 1. The Morgan fingerprint density at radius 2 is 1.84 bits per heavy atom. The molecule has 25 heavy (non-hydrogen) atoms. The molecular weight excluding hydrogens is 321 g/mol. The van der Waals surface area contributed by atoms with E-state index < -0.39 is 0 Å². The van der Waals surface area contributed by atoms with E-state index in [1.165, 1.54) is 18.2 Å². The Balaban J connectivity index is 1.45. The molecular formula is C19H22FN3O2. The van der Waals surface area contributed by atoms with Gasteiger partial charge in [-0.25, -0.2) is 4.39 Å². The van der Waals surface area contributed by atoms with Gasteiger partial charge in [0.1, 0.15) is 5.82 Å². The fraction of sp³-hybridized carbons (Fsp3) is 0.368. The number of nitrogens with one attached hydrogen (secondary N) is 1. The summed E-state index contributed by atoms with van der Waals surface area (Å²) in [5.74, 6) is -0.167. The molecule has 3 rings (SSSR count). The number of likely N-dealkylation sites (tertiary alicyclic amines) is 1. The monoisotopic (exact) mass is 343 g/mol. The molecule has 0 spiro atoms. The van der Waals surface area contributed by atoms with Crippen LogP contribution in [-0.2, 0) is 11.3 Å². The summed E-state index contributed by atoms with van der Waals surface area (Å²) in [6, 6.07) is 11.6. The number of nitrogens with zero attached hydrogens (tertiary/aromatic N) is 2. The topological polar surface area (TPSA) is 54.3 Å². The number of carbonyl (C=O) groups is 1. The van der Waals surface area contributed by atoms with Crippen LogP contribution in [0.3, 0.4) is 0 Å². The van der Waals surface area contributed by atoms with Crippen molar-refractivity contribution in [3.63, 3.8) is 0 Å². The summed E-state index contributed by atoms with van der Waals surface area (Å²) in [4.78, 5) is 25.8. The van der Waals surface area contributed by atoms with Crippen LogP contribution in [0.1, 0.15) is 19.3 Å². The third-order valence-electron chi connectivity index (χ3n) is 4.53. The summed E-state index contributed by atoms with van der Waals surface area (Å²) < 4.78 is 14.5. The van der Waals surface area contributed by atoms with Gasteiger partial charge < -0.3 is 14.8 Å². The minimum Gasteiger partial charge on any atom is -0.382 e. The van der Waals surface area contributed by atoms with Gasteiger partial charge >= 0.3 is 0 Å². The van der Waals surface area contributed by atoms with E-state index in [-0.39, 0.29) is 23.3 Å². The number of hydrogen-bond acceptors (Lipinski definition) is 3. The van der Waals surface area contributed by atoms with Crippen molar-refractivity contribution in [3.05, 3.63) is 64.8 Å². The molecule has 2 aromatic rings. The van der Waals surface area contributed by atoms with Crippen LogP contribution in [0.2, 0.25) is 0 Å². The molecule has 0 bridgehead atoms. The fourth-order valence-corrected chi connectivity index (χ4v) is 3.07. The van der Waals surface area contributed by atoms with E-state index in [1.807, 2.05) is 4.90 Å². The summed E-state index contributed by atoms with van der Waals surface area (Å²) in [5.41, 5.74) is 0.812. The first-order valence-electron chi connectivity index (χ1n) is 8.57. The average molecular weight is 343 g/mol. The van der Waals surface area contributed by atoms with E-state index in [4.69, 9.17) is 0 Å². The zero-order valence-corrected chi connectivity index (χ0v) is 14.0. The molecule has 1 N–H and O–H groups in total. The molecule has 1 aromatic heterocycles. The first kappa shape index (κ1) is 17.2. The van der Waals surface area contributed by atoms with Crippen LogP contribution in [0.25, 0.3) is 0 Å². The summed E-state index contributed by atoms with van der Waals surface area (Å²) in [7, 11) is 0. The van der Waals surface area contributed by atoms with Crippen LogP contribution in [-0.4, -0.2) is 34.5 Å². The van der Waals surface area contributed by atoms with Gasteiger partial charge in [0.15, 0.2) is 0 Å². The zero-order valence-electron chi connectivity index (χ0n) is 14.0. The molecule has 0 aliphatic carbocycles. The number of amides is 1. The van der Waals surface area contributed by atoms with E-state index >= 15 is 0 Å². The summed E-state index contributed by atoms with van der Waals surface area (Å²) in [6.07, 6.45) is 3.75. The summed E-state index contributed by atoms with van der Waals surface area (Å²) in [6.45, 7) is 1.80. The second-order valence-electron chi connectivity index (χ2n) is 6.29. The second kappa shape index (κ2) is 7.96. The molecule has 0 atom stereocenters. The zero-order chi connectivity index (χ0) is 17.6. The smallest absolute Gasteiger partial charge is 0.250 e. The van der Waals surface area contributed by atoms with Gasteiger partial charge in [-0.2, -0.15) is 0 Å². The number of pyridine rings is 1. The maximum atomic E-state index is 12.9. The predicted molar refractivity (Wildman–Crippen MR) is 94.9 cm³/mol. The highest BCUT2D eigenvalue weighted by molar-refractivity contribution is 5.76. The SMILES string of the molecule is O=C(CCn1ccccc1=O)N1CCC(Nc2ccc(F)cc2)CC1. The lowest BCUT2D eigenvalue weighted by atomic mass is 10.0. The van der Waals surface area contributed by atoms with Crippen molar-refractivity contribution in [2.75, 3.05) is 18.4 Å². The molecule has 1 aliphatic heterocycles. The van der Waals surface area contributed by atoms with Gasteiger partial charge in [-0.1, -0.05) is 6.07 Å². The number of aryl methyl sites for hydroxylation is 1. The molecule has 5 nitrogen and oxygen atoms in total. The highest BCUT2D eigenvalue weighted by atomic mass is 19.1.